The number of hydrogen-bond acceptors (Lipinski definition) is 3. The maximum Gasteiger partial charge on any atom is 0.233 e. The van der Waals surface area contributed by atoms with Gasteiger partial charge in [-0.3, -0.25) is 4.79 Å². The van der Waals surface area contributed by atoms with Crippen LogP contribution in [0.3, 0.4) is 0 Å². The molecule has 1 aliphatic carbocycles. The van der Waals surface area contributed by atoms with Crippen LogP contribution in [0.25, 0.3) is 0 Å². The van der Waals surface area contributed by atoms with E-state index in [1.54, 1.807) is 7.05 Å². The molecular weight excluding hydrogens is 292 g/mol. The molecule has 22 heavy (non-hydrogen) atoms. The van der Waals surface area contributed by atoms with Gasteiger partial charge in [0, 0.05) is 32.3 Å². The van der Waals surface area contributed by atoms with Crippen LogP contribution >= 0.6 is 0 Å². The number of aliphatic hydroxyl groups excluding tert-OH is 1. The van der Waals surface area contributed by atoms with Crippen molar-refractivity contribution in [2.24, 2.45) is 0 Å². The van der Waals surface area contributed by atoms with Crippen LogP contribution in [0.1, 0.15) is 24.8 Å². The van der Waals surface area contributed by atoms with Gasteiger partial charge >= 0.3 is 0 Å². The number of likely N-dealkylation sites (N-methyl/N-ethyl adjacent to an activating group) is 1. The van der Waals surface area contributed by atoms with Gasteiger partial charge in [-0.25, -0.2) is 8.78 Å². The van der Waals surface area contributed by atoms with Gasteiger partial charge in [0.1, 0.15) is 11.6 Å². The highest BCUT2D eigenvalue weighted by molar-refractivity contribution is 5.89. The highest BCUT2D eigenvalue weighted by atomic mass is 19.1. The fourth-order valence-electron chi connectivity index (χ4n) is 3.02. The molecule has 1 saturated carbocycles. The summed E-state index contributed by atoms with van der Waals surface area (Å²) in [5.74, 6) is -1.61. The van der Waals surface area contributed by atoms with E-state index >= 15 is 0 Å². The predicted molar refractivity (Wildman–Crippen MR) is 77.4 cm³/mol. The maximum absolute atomic E-state index is 14.1. The number of methoxy groups -OCH3 is 1. The molecule has 122 valence electrons. The first-order valence-corrected chi connectivity index (χ1v) is 7.29. The summed E-state index contributed by atoms with van der Waals surface area (Å²) in [5.41, 5.74) is -0.711. The van der Waals surface area contributed by atoms with Gasteiger partial charge < -0.3 is 14.7 Å². The highest BCUT2D eigenvalue weighted by Gasteiger charge is 2.48. The van der Waals surface area contributed by atoms with Crippen molar-refractivity contribution in [3.8, 4) is 0 Å². The van der Waals surface area contributed by atoms with Crippen LogP contribution in [0.2, 0.25) is 0 Å². The monoisotopic (exact) mass is 313 g/mol. The molecule has 0 bridgehead atoms. The minimum Gasteiger partial charge on any atom is -0.389 e. The van der Waals surface area contributed by atoms with Crippen molar-refractivity contribution in [3.63, 3.8) is 0 Å². The number of carbonyl (C=O) groups excluding carboxylic acids is 1. The zero-order valence-electron chi connectivity index (χ0n) is 12.8. The van der Waals surface area contributed by atoms with E-state index in [0.717, 1.165) is 12.5 Å². The summed E-state index contributed by atoms with van der Waals surface area (Å²) in [6.45, 7) is 0.229. The molecule has 0 saturated heterocycles. The summed E-state index contributed by atoms with van der Waals surface area (Å²) in [7, 11) is 3.04. The second-order valence-electron chi connectivity index (χ2n) is 5.85. The number of ether oxygens (including phenoxy) is 1. The van der Waals surface area contributed by atoms with Crippen molar-refractivity contribution in [2.75, 3.05) is 27.3 Å². The number of rotatable bonds is 6. The van der Waals surface area contributed by atoms with E-state index in [9.17, 15) is 18.7 Å². The number of benzene rings is 1. The molecule has 1 N–H and O–H groups in total. The molecule has 1 amide bonds. The Bertz CT molecular complexity index is 546. The van der Waals surface area contributed by atoms with Crippen LogP contribution in [0.4, 0.5) is 8.78 Å². The Balaban J connectivity index is 2.21. The van der Waals surface area contributed by atoms with Crippen molar-refractivity contribution in [3.05, 3.63) is 35.4 Å². The van der Waals surface area contributed by atoms with Gasteiger partial charge in [0.25, 0.3) is 0 Å². The zero-order valence-corrected chi connectivity index (χ0v) is 12.8. The van der Waals surface area contributed by atoms with Crippen LogP contribution in [0.15, 0.2) is 18.2 Å². The number of nitrogens with zero attached hydrogens (tertiary/aromatic N) is 1. The molecule has 0 aromatic heterocycles. The first kappa shape index (κ1) is 16.8. The Hall–Kier alpha value is -1.53. The third kappa shape index (κ3) is 3.13. The molecule has 1 aliphatic rings. The summed E-state index contributed by atoms with van der Waals surface area (Å²) < 4.78 is 32.0. The predicted octanol–water partition coefficient (Wildman–Crippen LogP) is 1.85. The van der Waals surface area contributed by atoms with Crippen LogP contribution < -0.4 is 0 Å². The minimum absolute atomic E-state index is 0.108. The van der Waals surface area contributed by atoms with Gasteiger partial charge in [0.2, 0.25) is 5.91 Å². The van der Waals surface area contributed by atoms with E-state index in [1.165, 1.54) is 24.1 Å². The molecular formula is C16H21F2NO3. The fraction of sp³-hybridized carbons (Fsp3) is 0.562. The van der Waals surface area contributed by atoms with E-state index in [0.29, 0.717) is 12.8 Å². The Kier molecular flexibility index (Phi) is 5.13. The lowest BCUT2D eigenvalue weighted by Crippen LogP contribution is -2.52. The largest absolute Gasteiger partial charge is 0.389 e. The summed E-state index contributed by atoms with van der Waals surface area (Å²) in [6, 6.07) is 3.33. The fourth-order valence-corrected chi connectivity index (χ4v) is 3.02. The Morgan fingerprint density at radius 3 is 2.64 bits per heavy atom. The van der Waals surface area contributed by atoms with Crippen LogP contribution in [-0.4, -0.2) is 49.3 Å². The molecule has 1 atom stereocenters. The van der Waals surface area contributed by atoms with E-state index in [4.69, 9.17) is 4.74 Å². The van der Waals surface area contributed by atoms with Gasteiger partial charge in [-0.05, 0) is 18.9 Å². The summed E-state index contributed by atoms with van der Waals surface area (Å²) in [4.78, 5) is 14.1. The van der Waals surface area contributed by atoms with Gasteiger partial charge in [0.15, 0.2) is 0 Å². The molecule has 1 fully saturated rings. The minimum atomic E-state index is -0.945. The normalized spacial score (nSPS) is 17.7. The van der Waals surface area contributed by atoms with Crippen molar-refractivity contribution in [2.45, 2.75) is 30.8 Å². The van der Waals surface area contributed by atoms with Crippen molar-refractivity contribution in [1.82, 2.24) is 4.90 Å². The number of hydrogen-bond donors (Lipinski definition) is 1. The van der Waals surface area contributed by atoms with Gasteiger partial charge in [0.05, 0.1) is 18.1 Å². The lowest BCUT2D eigenvalue weighted by molar-refractivity contribution is -0.141. The van der Waals surface area contributed by atoms with Crippen molar-refractivity contribution in [1.29, 1.82) is 0 Å². The Morgan fingerprint density at radius 2 is 2.14 bits per heavy atom. The lowest BCUT2D eigenvalue weighted by Gasteiger charge is -2.43. The Morgan fingerprint density at radius 1 is 1.45 bits per heavy atom. The van der Waals surface area contributed by atoms with E-state index in [-0.39, 0.29) is 24.6 Å². The first-order chi connectivity index (χ1) is 10.4. The molecule has 0 spiro atoms. The molecule has 1 aromatic rings. The summed E-state index contributed by atoms with van der Waals surface area (Å²) >= 11 is 0. The Labute approximate surface area is 128 Å². The van der Waals surface area contributed by atoms with Crippen molar-refractivity contribution < 1.29 is 23.4 Å². The maximum atomic E-state index is 14.1. The third-order valence-electron chi connectivity index (χ3n) is 4.25. The highest BCUT2D eigenvalue weighted by Crippen LogP contribution is 2.46. The molecule has 1 aromatic carbocycles. The van der Waals surface area contributed by atoms with Crippen molar-refractivity contribution >= 4 is 5.91 Å². The van der Waals surface area contributed by atoms with Crippen LogP contribution in [-0.2, 0) is 14.9 Å². The van der Waals surface area contributed by atoms with E-state index in [1.807, 2.05) is 0 Å². The average Bonchev–Trinajstić information content (AvgIpc) is 2.39. The number of carbonyl (C=O) groups is 1. The van der Waals surface area contributed by atoms with E-state index in [2.05, 4.69) is 0 Å². The van der Waals surface area contributed by atoms with Crippen LogP contribution in [0, 0.1) is 11.6 Å². The SMILES string of the molecule is COCC(O)CN(C)C(=O)C1(c2ccc(F)cc2F)CCC1. The molecule has 0 heterocycles. The smallest absolute Gasteiger partial charge is 0.233 e. The zero-order chi connectivity index (χ0) is 16.3. The number of amides is 1. The topological polar surface area (TPSA) is 49.8 Å². The quantitative estimate of drug-likeness (QED) is 0.872. The molecule has 4 nitrogen and oxygen atoms in total. The van der Waals surface area contributed by atoms with Gasteiger partial charge in [-0.1, -0.05) is 12.5 Å². The molecule has 1 unspecified atom stereocenters. The first-order valence-electron chi connectivity index (χ1n) is 7.29. The standard InChI is InChI=1S/C16H21F2NO3/c1-19(9-12(20)10-22-2)15(21)16(6-3-7-16)13-5-4-11(17)8-14(13)18/h4-5,8,12,20H,3,6-7,9-10H2,1-2H3. The summed E-state index contributed by atoms with van der Waals surface area (Å²) in [5, 5.41) is 9.74. The van der Waals surface area contributed by atoms with Crippen LogP contribution in [0.5, 0.6) is 0 Å². The molecule has 0 aliphatic heterocycles. The summed E-state index contributed by atoms with van der Waals surface area (Å²) in [6.07, 6.45) is 1.07. The second-order valence-corrected chi connectivity index (χ2v) is 5.85. The van der Waals surface area contributed by atoms with Gasteiger partial charge in [-0.2, -0.15) is 0 Å². The average molecular weight is 313 g/mol. The third-order valence-corrected chi connectivity index (χ3v) is 4.25. The van der Waals surface area contributed by atoms with E-state index < -0.39 is 23.2 Å². The molecule has 2 rings (SSSR count). The lowest BCUT2D eigenvalue weighted by atomic mass is 9.63. The molecule has 6 heteroatoms. The second kappa shape index (κ2) is 6.71. The molecule has 0 radical (unpaired) electrons. The number of halogens is 2. The van der Waals surface area contributed by atoms with Gasteiger partial charge in [-0.15, -0.1) is 0 Å². The number of aliphatic hydroxyl groups is 1.